The van der Waals surface area contributed by atoms with Crippen molar-refractivity contribution in [1.82, 2.24) is 4.90 Å². The highest BCUT2D eigenvalue weighted by molar-refractivity contribution is 5.94. The van der Waals surface area contributed by atoms with Crippen molar-refractivity contribution in [3.63, 3.8) is 0 Å². The molecule has 1 spiro atoms. The minimum Gasteiger partial charge on any atom is -0.347 e. The normalized spacial score (nSPS) is 21.2. The lowest BCUT2D eigenvalue weighted by Gasteiger charge is -2.37. The third kappa shape index (κ3) is 2.97. The molecule has 0 unspecified atom stereocenters. The highest BCUT2D eigenvalue weighted by Crippen LogP contribution is 2.31. The summed E-state index contributed by atoms with van der Waals surface area (Å²) < 4.78 is 11.4. The van der Waals surface area contributed by atoms with Gasteiger partial charge in [0.1, 0.15) is 0 Å². The van der Waals surface area contributed by atoms with Crippen molar-refractivity contribution >= 4 is 5.91 Å². The van der Waals surface area contributed by atoms with Crippen molar-refractivity contribution in [3.05, 3.63) is 35.4 Å². The number of amides is 1. The van der Waals surface area contributed by atoms with Crippen molar-refractivity contribution < 1.29 is 14.3 Å². The zero-order valence-electron chi connectivity index (χ0n) is 12.8. The Kier molecular flexibility index (Phi) is 4.00. The van der Waals surface area contributed by atoms with E-state index in [4.69, 9.17) is 9.47 Å². The predicted molar refractivity (Wildman–Crippen MR) is 80.3 cm³/mol. The van der Waals surface area contributed by atoms with Crippen molar-refractivity contribution in [2.24, 2.45) is 0 Å². The summed E-state index contributed by atoms with van der Waals surface area (Å²) in [7, 11) is 0. The summed E-state index contributed by atoms with van der Waals surface area (Å²) in [6.45, 7) is 7.05. The molecule has 4 heteroatoms. The minimum absolute atomic E-state index is 0.109. The Morgan fingerprint density at radius 1 is 1.10 bits per heavy atom. The smallest absolute Gasteiger partial charge is 0.253 e. The van der Waals surface area contributed by atoms with Gasteiger partial charge in [0.05, 0.1) is 13.2 Å². The molecule has 0 radical (unpaired) electrons. The van der Waals surface area contributed by atoms with Crippen LogP contribution in [0.15, 0.2) is 24.3 Å². The second-order valence-corrected chi connectivity index (χ2v) is 6.18. The van der Waals surface area contributed by atoms with E-state index in [1.54, 1.807) is 0 Å². The van der Waals surface area contributed by atoms with Gasteiger partial charge in [0.15, 0.2) is 5.79 Å². The van der Waals surface area contributed by atoms with Crippen molar-refractivity contribution in [2.45, 2.75) is 38.4 Å². The number of benzene rings is 1. The molecule has 1 aromatic rings. The Morgan fingerprint density at radius 3 is 2.19 bits per heavy atom. The van der Waals surface area contributed by atoms with Crippen LogP contribution in [0, 0.1) is 0 Å². The number of nitrogens with zero attached hydrogens (tertiary/aromatic N) is 1. The molecule has 2 saturated heterocycles. The lowest BCUT2D eigenvalue weighted by atomic mass is 10.00. The minimum atomic E-state index is -0.418. The molecule has 2 heterocycles. The molecule has 1 aromatic carbocycles. The summed E-state index contributed by atoms with van der Waals surface area (Å²) in [5.41, 5.74) is 2.03. The van der Waals surface area contributed by atoms with Gasteiger partial charge in [-0.15, -0.1) is 0 Å². The Bertz CT molecular complexity index is 493. The molecule has 0 bridgehead atoms. The van der Waals surface area contributed by atoms with Crippen LogP contribution in [0.3, 0.4) is 0 Å². The molecule has 2 aliphatic rings. The molecule has 0 N–H and O–H groups in total. The lowest BCUT2D eigenvalue weighted by molar-refractivity contribution is -0.181. The van der Waals surface area contributed by atoms with E-state index in [9.17, 15) is 4.79 Å². The van der Waals surface area contributed by atoms with Gasteiger partial charge in [-0.3, -0.25) is 4.79 Å². The molecular formula is C17H23NO3. The molecular weight excluding hydrogens is 266 g/mol. The second-order valence-electron chi connectivity index (χ2n) is 6.18. The van der Waals surface area contributed by atoms with E-state index in [0.29, 0.717) is 32.2 Å². The first-order chi connectivity index (χ1) is 10.1. The van der Waals surface area contributed by atoms with Gasteiger partial charge in [0.25, 0.3) is 5.91 Å². The molecule has 2 aliphatic heterocycles. The van der Waals surface area contributed by atoms with E-state index in [0.717, 1.165) is 18.4 Å². The van der Waals surface area contributed by atoms with Gasteiger partial charge in [-0.1, -0.05) is 26.0 Å². The number of hydrogen-bond acceptors (Lipinski definition) is 3. The average Bonchev–Trinajstić information content (AvgIpc) is 2.96. The third-order valence-corrected chi connectivity index (χ3v) is 4.45. The first-order valence-electron chi connectivity index (χ1n) is 7.77. The number of piperidine rings is 1. The second kappa shape index (κ2) is 5.78. The quantitative estimate of drug-likeness (QED) is 0.840. The van der Waals surface area contributed by atoms with Crippen LogP contribution < -0.4 is 0 Å². The molecule has 2 fully saturated rings. The summed E-state index contributed by atoms with van der Waals surface area (Å²) in [6.07, 6.45) is 1.53. The standard InChI is InChI=1S/C17H23NO3/c1-13(2)14-3-5-15(6-4-14)16(19)18-9-7-17(8-10-18)20-11-12-21-17/h3-6,13H,7-12H2,1-2H3. The fraction of sp³-hybridized carbons (Fsp3) is 0.588. The fourth-order valence-corrected chi connectivity index (χ4v) is 3.03. The topological polar surface area (TPSA) is 38.8 Å². The SMILES string of the molecule is CC(C)c1ccc(C(=O)N2CCC3(CC2)OCCO3)cc1. The zero-order valence-corrected chi connectivity index (χ0v) is 12.8. The van der Waals surface area contributed by atoms with Gasteiger partial charge < -0.3 is 14.4 Å². The summed E-state index contributed by atoms with van der Waals surface area (Å²) in [6, 6.07) is 7.97. The van der Waals surface area contributed by atoms with E-state index in [2.05, 4.69) is 13.8 Å². The molecule has 21 heavy (non-hydrogen) atoms. The number of hydrogen-bond donors (Lipinski definition) is 0. The Labute approximate surface area is 126 Å². The van der Waals surface area contributed by atoms with Crippen LogP contribution in [0.5, 0.6) is 0 Å². The van der Waals surface area contributed by atoms with Crippen molar-refractivity contribution in [1.29, 1.82) is 0 Å². The van der Waals surface area contributed by atoms with Crippen LogP contribution in [0.1, 0.15) is 48.5 Å². The highest BCUT2D eigenvalue weighted by atomic mass is 16.7. The third-order valence-electron chi connectivity index (χ3n) is 4.45. The summed E-state index contributed by atoms with van der Waals surface area (Å²) in [4.78, 5) is 14.4. The maximum absolute atomic E-state index is 12.5. The molecule has 0 saturated carbocycles. The largest absolute Gasteiger partial charge is 0.347 e. The summed E-state index contributed by atoms with van der Waals surface area (Å²) in [5, 5.41) is 0. The van der Waals surface area contributed by atoms with Crippen molar-refractivity contribution in [2.75, 3.05) is 26.3 Å². The van der Waals surface area contributed by atoms with Crippen LogP contribution in [-0.4, -0.2) is 42.9 Å². The first kappa shape index (κ1) is 14.5. The monoisotopic (exact) mass is 289 g/mol. The fourth-order valence-electron chi connectivity index (χ4n) is 3.03. The molecule has 0 aliphatic carbocycles. The van der Waals surface area contributed by atoms with Gasteiger partial charge in [-0.25, -0.2) is 0 Å². The molecule has 1 amide bonds. The van der Waals surface area contributed by atoms with Crippen LogP contribution in [0.25, 0.3) is 0 Å². The van der Waals surface area contributed by atoms with Gasteiger partial charge in [0.2, 0.25) is 0 Å². The Hall–Kier alpha value is -1.39. The maximum Gasteiger partial charge on any atom is 0.253 e. The number of ether oxygens (including phenoxy) is 2. The average molecular weight is 289 g/mol. The Balaban J connectivity index is 1.63. The molecule has 4 nitrogen and oxygen atoms in total. The number of likely N-dealkylation sites (tertiary alicyclic amines) is 1. The molecule has 3 rings (SSSR count). The van der Waals surface area contributed by atoms with Crippen LogP contribution in [0.2, 0.25) is 0 Å². The van der Waals surface area contributed by atoms with Gasteiger partial charge in [-0.05, 0) is 23.6 Å². The number of rotatable bonds is 2. The zero-order chi connectivity index (χ0) is 14.9. The molecule has 0 atom stereocenters. The molecule has 0 aromatic heterocycles. The lowest BCUT2D eigenvalue weighted by Crippen LogP contribution is -2.47. The van der Waals surface area contributed by atoms with Crippen molar-refractivity contribution in [3.8, 4) is 0 Å². The highest BCUT2D eigenvalue weighted by Gasteiger charge is 2.40. The van der Waals surface area contributed by atoms with E-state index >= 15 is 0 Å². The van der Waals surface area contributed by atoms with E-state index < -0.39 is 5.79 Å². The first-order valence-corrected chi connectivity index (χ1v) is 7.77. The number of carbonyl (C=O) groups excluding carboxylic acids is 1. The van der Waals surface area contributed by atoms with Gasteiger partial charge >= 0.3 is 0 Å². The maximum atomic E-state index is 12.5. The van der Waals surface area contributed by atoms with Crippen LogP contribution in [-0.2, 0) is 9.47 Å². The van der Waals surface area contributed by atoms with Gasteiger partial charge in [-0.2, -0.15) is 0 Å². The number of carbonyl (C=O) groups is 1. The van der Waals surface area contributed by atoms with Gasteiger partial charge in [0, 0.05) is 31.5 Å². The predicted octanol–water partition coefficient (Wildman–Crippen LogP) is 2.79. The molecule has 114 valence electrons. The summed E-state index contributed by atoms with van der Waals surface area (Å²) in [5.74, 6) is 0.178. The van der Waals surface area contributed by atoms with E-state index in [1.165, 1.54) is 5.56 Å². The Morgan fingerprint density at radius 2 is 1.67 bits per heavy atom. The van der Waals surface area contributed by atoms with Crippen LogP contribution in [0.4, 0.5) is 0 Å². The van der Waals surface area contributed by atoms with E-state index in [1.807, 2.05) is 29.2 Å². The van der Waals surface area contributed by atoms with Crippen LogP contribution >= 0.6 is 0 Å². The van der Waals surface area contributed by atoms with E-state index in [-0.39, 0.29) is 5.91 Å². The summed E-state index contributed by atoms with van der Waals surface area (Å²) >= 11 is 0.